The smallest absolute Gasteiger partial charge is 0.312 e. The summed E-state index contributed by atoms with van der Waals surface area (Å²) in [7, 11) is 0. The highest BCUT2D eigenvalue weighted by Gasteiger charge is 2.34. The van der Waals surface area contributed by atoms with Crippen LogP contribution in [0.3, 0.4) is 0 Å². The molecule has 7 nitrogen and oxygen atoms in total. The van der Waals surface area contributed by atoms with Crippen LogP contribution in [0.2, 0.25) is 0 Å². The molecule has 2 aromatic carbocycles. The lowest BCUT2D eigenvalue weighted by atomic mass is 10.0. The third-order valence-corrected chi connectivity index (χ3v) is 6.75. The van der Waals surface area contributed by atoms with E-state index in [1.807, 2.05) is 48.5 Å². The summed E-state index contributed by atoms with van der Waals surface area (Å²) in [6.45, 7) is 4.79. The van der Waals surface area contributed by atoms with Crippen molar-refractivity contribution in [2.24, 2.45) is 0 Å². The lowest BCUT2D eigenvalue weighted by Gasteiger charge is -2.24. The molecule has 0 bridgehead atoms. The minimum Gasteiger partial charge on any atom is -0.312 e. The number of aromatic nitrogens is 2. The van der Waals surface area contributed by atoms with E-state index in [1.165, 1.54) is 16.9 Å². The number of hydrogen-bond acceptors (Lipinski definition) is 5. The standard InChI is InChI=1S/C23H24BrN5O2S/c1-14(2)15-8-10-18(11-9-15)25-23(31)29-12-4-7-19(29)20(30)26-22-28-27-21(32-22)16-5-3-6-17(24)13-16/h3,5-6,8-11,13-14,19H,4,7,12H2,1-2H3,(H,25,31)(H,26,28,30). The molecule has 0 radical (unpaired) electrons. The average molecular weight is 514 g/mol. The molecule has 166 valence electrons. The highest BCUT2D eigenvalue weighted by Crippen LogP contribution is 2.29. The van der Waals surface area contributed by atoms with Gasteiger partial charge in [0.25, 0.3) is 0 Å². The van der Waals surface area contributed by atoms with Crippen LogP contribution in [-0.2, 0) is 4.79 Å². The van der Waals surface area contributed by atoms with Crippen molar-refractivity contribution in [3.05, 3.63) is 58.6 Å². The lowest BCUT2D eigenvalue weighted by Crippen LogP contribution is -2.45. The molecule has 4 rings (SSSR count). The number of nitrogens with one attached hydrogen (secondary N) is 2. The Morgan fingerprint density at radius 3 is 2.62 bits per heavy atom. The fourth-order valence-corrected chi connectivity index (χ4v) is 4.77. The summed E-state index contributed by atoms with van der Waals surface area (Å²) in [6, 6.07) is 14.7. The normalized spacial score (nSPS) is 15.8. The van der Waals surface area contributed by atoms with E-state index in [2.05, 4.69) is 50.6 Å². The van der Waals surface area contributed by atoms with Crippen LogP contribution >= 0.6 is 27.3 Å². The molecule has 9 heteroatoms. The number of hydrogen-bond donors (Lipinski definition) is 2. The number of nitrogens with zero attached hydrogens (tertiary/aromatic N) is 3. The van der Waals surface area contributed by atoms with Gasteiger partial charge in [0.2, 0.25) is 11.0 Å². The van der Waals surface area contributed by atoms with Gasteiger partial charge < -0.3 is 10.2 Å². The zero-order valence-corrected chi connectivity index (χ0v) is 20.2. The molecule has 1 fully saturated rings. The van der Waals surface area contributed by atoms with Gasteiger partial charge in [0.05, 0.1) is 0 Å². The summed E-state index contributed by atoms with van der Waals surface area (Å²) < 4.78 is 0.947. The first-order chi connectivity index (χ1) is 15.4. The van der Waals surface area contributed by atoms with Crippen molar-refractivity contribution in [2.45, 2.75) is 38.6 Å². The molecule has 0 saturated carbocycles. The number of carbonyl (C=O) groups excluding carboxylic acids is 2. The number of halogens is 1. The first kappa shape index (κ1) is 22.4. The van der Waals surface area contributed by atoms with Crippen LogP contribution in [0.5, 0.6) is 0 Å². The summed E-state index contributed by atoms with van der Waals surface area (Å²) in [4.78, 5) is 27.3. The van der Waals surface area contributed by atoms with Crippen LogP contribution in [0.15, 0.2) is 53.0 Å². The third-order valence-electron chi connectivity index (χ3n) is 5.37. The zero-order chi connectivity index (χ0) is 22.7. The summed E-state index contributed by atoms with van der Waals surface area (Å²) in [6.07, 6.45) is 1.39. The molecule has 1 saturated heterocycles. The number of anilines is 2. The van der Waals surface area contributed by atoms with Crippen LogP contribution in [0.1, 0.15) is 38.2 Å². The molecular formula is C23H24BrN5O2S. The Bertz CT molecular complexity index is 1120. The monoisotopic (exact) mass is 513 g/mol. The van der Waals surface area contributed by atoms with E-state index in [0.717, 1.165) is 16.5 Å². The largest absolute Gasteiger partial charge is 0.322 e. The van der Waals surface area contributed by atoms with Crippen LogP contribution in [0.25, 0.3) is 10.6 Å². The van der Waals surface area contributed by atoms with Crippen molar-refractivity contribution in [1.82, 2.24) is 15.1 Å². The number of benzene rings is 2. The van der Waals surface area contributed by atoms with E-state index in [0.29, 0.717) is 34.7 Å². The van der Waals surface area contributed by atoms with Gasteiger partial charge in [0, 0.05) is 22.3 Å². The maximum absolute atomic E-state index is 12.9. The maximum atomic E-state index is 12.9. The van der Waals surface area contributed by atoms with E-state index < -0.39 is 6.04 Å². The number of likely N-dealkylation sites (tertiary alicyclic amines) is 1. The van der Waals surface area contributed by atoms with E-state index in [9.17, 15) is 9.59 Å². The fraction of sp³-hybridized carbons (Fsp3) is 0.304. The molecule has 1 unspecified atom stereocenters. The summed E-state index contributed by atoms with van der Waals surface area (Å²) in [5.41, 5.74) is 2.84. The van der Waals surface area contributed by atoms with E-state index >= 15 is 0 Å². The minimum atomic E-state index is -0.539. The van der Waals surface area contributed by atoms with Gasteiger partial charge in [-0.05, 0) is 48.6 Å². The van der Waals surface area contributed by atoms with Gasteiger partial charge in [-0.2, -0.15) is 0 Å². The Kier molecular flexibility index (Phi) is 6.86. The molecule has 3 amide bonds. The van der Waals surface area contributed by atoms with Gasteiger partial charge in [0.1, 0.15) is 11.0 Å². The lowest BCUT2D eigenvalue weighted by molar-refractivity contribution is -0.119. The predicted molar refractivity (Wildman–Crippen MR) is 131 cm³/mol. The van der Waals surface area contributed by atoms with Crippen molar-refractivity contribution >= 4 is 50.0 Å². The first-order valence-corrected chi connectivity index (χ1v) is 12.1. The van der Waals surface area contributed by atoms with E-state index in [4.69, 9.17) is 0 Å². The summed E-state index contributed by atoms with van der Waals surface area (Å²) >= 11 is 4.75. The molecule has 0 spiro atoms. The Morgan fingerprint density at radius 2 is 1.91 bits per heavy atom. The maximum Gasteiger partial charge on any atom is 0.322 e. The van der Waals surface area contributed by atoms with Gasteiger partial charge in [-0.3, -0.25) is 10.1 Å². The van der Waals surface area contributed by atoms with Gasteiger partial charge in [-0.15, -0.1) is 10.2 Å². The van der Waals surface area contributed by atoms with Crippen LogP contribution < -0.4 is 10.6 Å². The second-order valence-corrected chi connectivity index (χ2v) is 9.86. The van der Waals surface area contributed by atoms with Crippen LogP contribution in [-0.4, -0.2) is 39.6 Å². The Labute approximate surface area is 199 Å². The molecule has 32 heavy (non-hydrogen) atoms. The van der Waals surface area contributed by atoms with E-state index in [1.54, 1.807) is 4.90 Å². The first-order valence-electron chi connectivity index (χ1n) is 10.5. The van der Waals surface area contributed by atoms with E-state index in [-0.39, 0.29) is 11.9 Å². The molecule has 3 aromatic rings. The highest BCUT2D eigenvalue weighted by molar-refractivity contribution is 9.10. The zero-order valence-electron chi connectivity index (χ0n) is 17.8. The molecular weight excluding hydrogens is 490 g/mol. The second kappa shape index (κ2) is 9.79. The number of urea groups is 1. The molecule has 1 aliphatic heterocycles. The topological polar surface area (TPSA) is 87.2 Å². The molecule has 2 heterocycles. The van der Waals surface area contributed by atoms with Crippen molar-refractivity contribution in [2.75, 3.05) is 17.2 Å². The van der Waals surface area contributed by atoms with Crippen molar-refractivity contribution in [3.8, 4) is 10.6 Å². The van der Waals surface area contributed by atoms with Gasteiger partial charge in [-0.25, -0.2) is 4.79 Å². The van der Waals surface area contributed by atoms with Crippen molar-refractivity contribution in [1.29, 1.82) is 0 Å². The van der Waals surface area contributed by atoms with Gasteiger partial charge in [-0.1, -0.05) is 65.4 Å². The molecule has 2 N–H and O–H groups in total. The Morgan fingerprint density at radius 1 is 1.12 bits per heavy atom. The predicted octanol–water partition coefficient (Wildman–Crippen LogP) is 5.73. The van der Waals surface area contributed by atoms with Crippen LogP contribution in [0, 0.1) is 0 Å². The molecule has 1 atom stereocenters. The van der Waals surface area contributed by atoms with Gasteiger partial charge in [0.15, 0.2) is 0 Å². The number of amides is 3. The fourth-order valence-electron chi connectivity index (χ4n) is 3.63. The second-order valence-electron chi connectivity index (χ2n) is 7.97. The van der Waals surface area contributed by atoms with Gasteiger partial charge >= 0.3 is 6.03 Å². The Hall–Kier alpha value is -2.78. The molecule has 1 aromatic heterocycles. The van der Waals surface area contributed by atoms with Crippen LogP contribution in [0.4, 0.5) is 15.6 Å². The highest BCUT2D eigenvalue weighted by atomic mass is 79.9. The van der Waals surface area contributed by atoms with Crippen molar-refractivity contribution < 1.29 is 9.59 Å². The summed E-state index contributed by atoms with van der Waals surface area (Å²) in [5, 5.41) is 15.1. The number of carbonyl (C=O) groups is 2. The number of rotatable bonds is 5. The molecule has 0 aliphatic carbocycles. The van der Waals surface area contributed by atoms with Crippen molar-refractivity contribution in [3.63, 3.8) is 0 Å². The SMILES string of the molecule is CC(C)c1ccc(NC(=O)N2CCCC2C(=O)Nc2nnc(-c3cccc(Br)c3)s2)cc1. The molecule has 1 aliphatic rings. The average Bonchev–Trinajstić information content (AvgIpc) is 3.44. The minimum absolute atomic E-state index is 0.246. The quantitative estimate of drug-likeness (QED) is 0.456. The third kappa shape index (κ3) is 5.16. The summed E-state index contributed by atoms with van der Waals surface area (Å²) in [5.74, 6) is 0.181. The Balaban J connectivity index is 1.39.